The van der Waals surface area contributed by atoms with E-state index in [1.807, 2.05) is 0 Å². The molecule has 1 aromatic rings. The van der Waals surface area contributed by atoms with Crippen molar-refractivity contribution in [3.05, 3.63) is 29.3 Å². The van der Waals surface area contributed by atoms with Gasteiger partial charge in [0.2, 0.25) is 0 Å². The summed E-state index contributed by atoms with van der Waals surface area (Å²) in [5.74, 6) is -7.21. The molecule has 2 aliphatic carbocycles. The lowest BCUT2D eigenvalue weighted by Crippen LogP contribution is -2.44. The lowest BCUT2D eigenvalue weighted by atomic mass is 9.78. The Kier molecular flexibility index (Phi) is 7.19. The summed E-state index contributed by atoms with van der Waals surface area (Å²) >= 11 is 0. The van der Waals surface area contributed by atoms with Crippen LogP contribution in [0.2, 0.25) is 0 Å². The van der Waals surface area contributed by atoms with Gasteiger partial charge in [0, 0.05) is 11.8 Å². The smallest absolute Gasteiger partial charge is 0.419 e. The maximum absolute atomic E-state index is 13.6. The quantitative estimate of drug-likeness (QED) is 0.250. The molecular weight excluding hydrogens is 537 g/mol. The fourth-order valence-electron chi connectivity index (χ4n) is 5.34. The average Bonchev–Trinajstić information content (AvgIpc) is 3.41. The summed E-state index contributed by atoms with van der Waals surface area (Å²) < 4.78 is 94.5. The Morgan fingerprint density at radius 2 is 1.87 bits per heavy atom. The summed E-state index contributed by atoms with van der Waals surface area (Å²) in [6.45, 7) is 4.24. The van der Waals surface area contributed by atoms with Crippen LogP contribution in [0.3, 0.4) is 0 Å². The second-order valence-electron chi connectivity index (χ2n) is 10.2. The van der Waals surface area contributed by atoms with Gasteiger partial charge in [-0.1, -0.05) is 6.92 Å². The molecule has 1 aromatic carbocycles. The number of halogens is 3. The Labute approximate surface area is 216 Å². The first-order chi connectivity index (χ1) is 17.5. The predicted molar refractivity (Wildman–Crippen MR) is 120 cm³/mol. The summed E-state index contributed by atoms with van der Waals surface area (Å²) in [7, 11) is -4.63. The fraction of sp³-hybridized carbons (Fsp3) is 0.625. The van der Waals surface area contributed by atoms with Crippen molar-refractivity contribution in [2.24, 2.45) is 23.7 Å². The molecule has 3 aliphatic rings. The van der Waals surface area contributed by atoms with E-state index in [4.69, 9.17) is 18.9 Å². The zero-order valence-corrected chi connectivity index (χ0v) is 21.5. The number of fused-ring (bicyclic) bond motifs is 1. The Balaban J connectivity index is 1.54. The molecule has 210 valence electrons. The van der Waals surface area contributed by atoms with Crippen molar-refractivity contribution in [1.29, 1.82) is 0 Å². The number of hydrogen-bond acceptors (Lipinski definition) is 10. The van der Waals surface area contributed by atoms with Gasteiger partial charge in [0.25, 0.3) is 0 Å². The molecule has 38 heavy (non-hydrogen) atoms. The third kappa shape index (κ3) is 5.46. The summed E-state index contributed by atoms with van der Waals surface area (Å²) in [4.78, 5) is 38.2. The molecule has 0 spiro atoms. The van der Waals surface area contributed by atoms with E-state index in [1.165, 1.54) is 0 Å². The molecule has 6 atom stereocenters. The van der Waals surface area contributed by atoms with Crippen molar-refractivity contribution in [3.63, 3.8) is 0 Å². The predicted octanol–water partition coefficient (Wildman–Crippen LogP) is 2.69. The molecule has 6 unspecified atom stereocenters. The SMILES string of the molecule is CCC(C)(C)Oc1cc(C(=O)OC2C3CC4C2OC(=O)C4C3C(=O)OCCS(=O)(=O)[O-])ccc1C(F)(F)F. The molecule has 2 bridgehead atoms. The number of carbonyl (C=O) groups is 3. The van der Waals surface area contributed by atoms with Gasteiger partial charge in [0.1, 0.15) is 30.2 Å². The number of esters is 3. The van der Waals surface area contributed by atoms with Crippen LogP contribution in [-0.2, 0) is 40.1 Å². The number of benzene rings is 1. The first kappa shape index (κ1) is 28.1. The van der Waals surface area contributed by atoms with E-state index < -0.39 is 99.4 Å². The van der Waals surface area contributed by atoms with Crippen LogP contribution < -0.4 is 4.74 Å². The molecule has 14 heteroatoms. The van der Waals surface area contributed by atoms with Gasteiger partial charge in [-0.25, -0.2) is 13.2 Å². The van der Waals surface area contributed by atoms with E-state index in [0.29, 0.717) is 12.5 Å². The van der Waals surface area contributed by atoms with E-state index in [2.05, 4.69) is 0 Å². The standard InChI is InChI=1S/C24H27F3O10S/c1-4-23(2,3)37-15-9-11(5-6-14(15)24(25,26)27)20(28)35-18-12-10-13-17(22(30)36-19(13)18)16(12)21(29)34-7-8-38(31,32)33/h5-6,9,12-13,16-19H,4,7-8,10H2,1-3H3,(H,31,32,33)/p-1. The number of rotatable bonds is 9. The molecule has 1 heterocycles. The molecule has 3 fully saturated rings. The molecule has 0 aromatic heterocycles. The molecule has 1 aliphatic heterocycles. The second kappa shape index (κ2) is 9.70. The molecule has 0 radical (unpaired) electrons. The van der Waals surface area contributed by atoms with Crippen LogP contribution >= 0.6 is 0 Å². The van der Waals surface area contributed by atoms with Crippen molar-refractivity contribution < 1.29 is 59.5 Å². The first-order valence-corrected chi connectivity index (χ1v) is 13.5. The Morgan fingerprint density at radius 1 is 1.18 bits per heavy atom. The van der Waals surface area contributed by atoms with Crippen LogP contribution in [-0.4, -0.2) is 61.0 Å². The van der Waals surface area contributed by atoms with Gasteiger partial charge in [-0.2, -0.15) is 13.2 Å². The van der Waals surface area contributed by atoms with Gasteiger partial charge in [0.05, 0.1) is 38.8 Å². The van der Waals surface area contributed by atoms with E-state index in [1.54, 1.807) is 20.8 Å². The molecule has 1 saturated heterocycles. The molecule has 4 rings (SSSR count). The van der Waals surface area contributed by atoms with Crippen LogP contribution in [0.1, 0.15) is 49.5 Å². The van der Waals surface area contributed by atoms with Crippen molar-refractivity contribution in [1.82, 2.24) is 0 Å². The summed E-state index contributed by atoms with van der Waals surface area (Å²) in [6, 6.07) is 2.60. The van der Waals surface area contributed by atoms with Crippen LogP contribution in [0, 0.1) is 23.7 Å². The largest absolute Gasteiger partial charge is 0.748 e. The minimum atomic E-state index is -4.74. The van der Waals surface area contributed by atoms with E-state index >= 15 is 0 Å². The Bertz CT molecular complexity index is 1240. The summed E-state index contributed by atoms with van der Waals surface area (Å²) in [5, 5.41) is 0. The molecule has 0 amide bonds. The van der Waals surface area contributed by atoms with Crippen molar-refractivity contribution >= 4 is 28.0 Å². The Hall–Kier alpha value is -2.87. The topological polar surface area (TPSA) is 145 Å². The highest BCUT2D eigenvalue weighted by Gasteiger charge is 2.70. The van der Waals surface area contributed by atoms with Crippen LogP contribution in [0.4, 0.5) is 13.2 Å². The van der Waals surface area contributed by atoms with Gasteiger partial charge in [0.15, 0.2) is 0 Å². The second-order valence-corrected chi connectivity index (χ2v) is 11.8. The van der Waals surface area contributed by atoms with E-state index in [-0.39, 0.29) is 12.0 Å². The maximum atomic E-state index is 13.6. The molecular formula is C24H26F3O10S-. The van der Waals surface area contributed by atoms with Crippen LogP contribution in [0.5, 0.6) is 5.75 Å². The van der Waals surface area contributed by atoms with Gasteiger partial charge >= 0.3 is 24.1 Å². The lowest BCUT2D eigenvalue weighted by molar-refractivity contribution is -0.155. The summed E-state index contributed by atoms with van der Waals surface area (Å²) in [5.41, 5.74) is -2.26. The van der Waals surface area contributed by atoms with Crippen molar-refractivity contribution in [2.45, 2.75) is 57.6 Å². The van der Waals surface area contributed by atoms with E-state index in [0.717, 1.165) is 12.1 Å². The normalized spacial score (nSPS) is 28.2. The van der Waals surface area contributed by atoms with Gasteiger partial charge < -0.3 is 23.5 Å². The maximum Gasteiger partial charge on any atom is 0.419 e. The highest BCUT2D eigenvalue weighted by atomic mass is 32.2. The highest BCUT2D eigenvalue weighted by molar-refractivity contribution is 7.85. The third-order valence-corrected chi connectivity index (χ3v) is 8.07. The van der Waals surface area contributed by atoms with Gasteiger partial charge in [-0.3, -0.25) is 9.59 Å². The first-order valence-electron chi connectivity index (χ1n) is 11.9. The van der Waals surface area contributed by atoms with Crippen molar-refractivity contribution in [2.75, 3.05) is 12.4 Å². The molecule has 0 N–H and O–H groups in total. The number of hydrogen-bond donors (Lipinski definition) is 0. The summed E-state index contributed by atoms with van der Waals surface area (Å²) in [6.07, 6.45) is -5.98. The highest BCUT2D eigenvalue weighted by Crippen LogP contribution is 2.59. The number of ether oxygens (including phenoxy) is 4. The lowest BCUT2D eigenvalue weighted by Gasteiger charge is -2.30. The number of alkyl halides is 3. The van der Waals surface area contributed by atoms with Crippen LogP contribution in [0.25, 0.3) is 0 Å². The fourth-order valence-corrected chi connectivity index (χ4v) is 5.63. The van der Waals surface area contributed by atoms with E-state index in [9.17, 15) is 40.5 Å². The minimum absolute atomic E-state index is 0.233. The zero-order chi connectivity index (χ0) is 28.2. The average molecular weight is 564 g/mol. The van der Waals surface area contributed by atoms with Crippen LogP contribution in [0.15, 0.2) is 18.2 Å². The number of carbonyl (C=O) groups excluding carboxylic acids is 3. The molecule has 10 nitrogen and oxygen atoms in total. The van der Waals surface area contributed by atoms with Gasteiger partial charge in [-0.15, -0.1) is 0 Å². The molecule has 2 saturated carbocycles. The zero-order valence-electron chi connectivity index (χ0n) is 20.6. The monoisotopic (exact) mass is 563 g/mol. The van der Waals surface area contributed by atoms with Crippen molar-refractivity contribution in [3.8, 4) is 5.75 Å². The Morgan fingerprint density at radius 3 is 2.47 bits per heavy atom. The van der Waals surface area contributed by atoms with Gasteiger partial charge in [-0.05, 0) is 44.9 Å². The minimum Gasteiger partial charge on any atom is -0.748 e. The third-order valence-electron chi connectivity index (χ3n) is 7.40.